The van der Waals surface area contributed by atoms with Crippen LogP contribution in [-0.4, -0.2) is 56.8 Å². The van der Waals surface area contributed by atoms with Crippen molar-refractivity contribution in [1.82, 2.24) is 10.2 Å². The number of carbonyl (C=O) groups is 1. The summed E-state index contributed by atoms with van der Waals surface area (Å²) >= 11 is 3.56. The van der Waals surface area contributed by atoms with Gasteiger partial charge in [0, 0.05) is 28.5 Å². The van der Waals surface area contributed by atoms with Crippen molar-refractivity contribution in [2.45, 2.75) is 24.9 Å². The van der Waals surface area contributed by atoms with E-state index in [1.807, 2.05) is 23.1 Å². The molecule has 0 bridgehead atoms. The van der Waals surface area contributed by atoms with Gasteiger partial charge < -0.3 is 19.7 Å². The molecular formula is C24H29BrN2O3. The van der Waals surface area contributed by atoms with Crippen LogP contribution in [0.2, 0.25) is 0 Å². The van der Waals surface area contributed by atoms with Crippen LogP contribution in [0.5, 0.6) is 0 Å². The van der Waals surface area contributed by atoms with E-state index < -0.39 is 0 Å². The van der Waals surface area contributed by atoms with Crippen LogP contribution in [0.1, 0.15) is 34.3 Å². The van der Waals surface area contributed by atoms with Gasteiger partial charge in [0.1, 0.15) is 0 Å². The number of halogens is 1. The predicted octanol–water partition coefficient (Wildman–Crippen LogP) is 3.76. The normalized spacial score (nSPS) is 18.9. The maximum absolute atomic E-state index is 12.9. The Morgan fingerprint density at radius 3 is 2.57 bits per heavy atom. The molecule has 160 valence electrons. The summed E-state index contributed by atoms with van der Waals surface area (Å²) in [6.07, 6.45) is 2.13. The number of amides is 1. The van der Waals surface area contributed by atoms with Crippen molar-refractivity contribution in [2.75, 3.05) is 46.0 Å². The lowest BCUT2D eigenvalue weighted by atomic mass is 9.74. The molecule has 0 saturated carbocycles. The summed E-state index contributed by atoms with van der Waals surface area (Å²) in [5, 5.41) is 3.46. The smallest absolute Gasteiger partial charge is 0.254 e. The van der Waals surface area contributed by atoms with Crippen LogP contribution >= 0.6 is 15.9 Å². The Morgan fingerprint density at radius 1 is 1.10 bits per heavy atom. The van der Waals surface area contributed by atoms with E-state index in [-0.39, 0.29) is 11.3 Å². The third kappa shape index (κ3) is 5.11. The Morgan fingerprint density at radius 2 is 1.83 bits per heavy atom. The first-order chi connectivity index (χ1) is 14.7. The fourth-order valence-corrected chi connectivity index (χ4v) is 4.92. The number of nitrogens with one attached hydrogen (secondary N) is 1. The van der Waals surface area contributed by atoms with E-state index in [4.69, 9.17) is 9.47 Å². The lowest BCUT2D eigenvalue weighted by Crippen LogP contribution is -2.43. The maximum Gasteiger partial charge on any atom is 0.254 e. The molecule has 5 nitrogen and oxygen atoms in total. The molecule has 1 amide bonds. The monoisotopic (exact) mass is 472 g/mol. The van der Waals surface area contributed by atoms with Gasteiger partial charge in [-0.1, -0.05) is 46.3 Å². The first-order valence-electron chi connectivity index (χ1n) is 10.7. The number of ether oxygens (including phenoxy) is 2. The fourth-order valence-electron chi connectivity index (χ4n) is 4.38. The highest BCUT2D eigenvalue weighted by atomic mass is 79.9. The SMILES string of the molecule is O=C(c1cc(Br)cc(COCC2(c3ccccc3)CCNCC2)c1)N1CCOCC1. The average Bonchev–Trinajstić information content (AvgIpc) is 2.80. The number of nitrogens with zero attached hydrogens (tertiary/aromatic N) is 1. The average molecular weight is 473 g/mol. The molecule has 4 rings (SSSR count). The second kappa shape index (κ2) is 10.1. The van der Waals surface area contributed by atoms with Crippen molar-refractivity contribution in [3.8, 4) is 0 Å². The van der Waals surface area contributed by atoms with Crippen molar-refractivity contribution in [1.29, 1.82) is 0 Å². The topological polar surface area (TPSA) is 50.8 Å². The van der Waals surface area contributed by atoms with Gasteiger partial charge in [-0.25, -0.2) is 0 Å². The van der Waals surface area contributed by atoms with E-state index in [0.29, 0.717) is 45.1 Å². The van der Waals surface area contributed by atoms with Crippen LogP contribution in [0.25, 0.3) is 0 Å². The van der Waals surface area contributed by atoms with Gasteiger partial charge in [0.25, 0.3) is 5.91 Å². The Balaban J connectivity index is 1.44. The molecule has 30 heavy (non-hydrogen) atoms. The van der Waals surface area contributed by atoms with Crippen molar-refractivity contribution < 1.29 is 14.3 Å². The summed E-state index contributed by atoms with van der Waals surface area (Å²) in [5.74, 6) is 0.0555. The second-order valence-electron chi connectivity index (χ2n) is 8.14. The van der Waals surface area contributed by atoms with Gasteiger partial charge in [-0.15, -0.1) is 0 Å². The molecule has 2 aliphatic heterocycles. The maximum atomic E-state index is 12.9. The van der Waals surface area contributed by atoms with Crippen LogP contribution in [0.15, 0.2) is 53.0 Å². The lowest BCUT2D eigenvalue weighted by Gasteiger charge is -2.38. The van der Waals surface area contributed by atoms with Crippen LogP contribution < -0.4 is 5.32 Å². The van der Waals surface area contributed by atoms with Crippen LogP contribution in [0.3, 0.4) is 0 Å². The van der Waals surface area contributed by atoms with E-state index in [2.05, 4.69) is 51.6 Å². The molecule has 2 aromatic rings. The second-order valence-corrected chi connectivity index (χ2v) is 9.06. The van der Waals surface area contributed by atoms with Crippen LogP contribution in [0, 0.1) is 0 Å². The summed E-state index contributed by atoms with van der Waals surface area (Å²) in [5.41, 5.74) is 3.11. The molecule has 0 aliphatic carbocycles. The molecule has 0 spiro atoms. The van der Waals surface area contributed by atoms with Crippen LogP contribution in [0.4, 0.5) is 0 Å². The molecule has 2 aromatic carbocycles. The minimum absolute atomic E-state index is 0.0466. The molecule has 2 heterocycles. The molecule has 0 atom stereocenters. The summed E-state index contributed by atoms with van der Waals surface area (Å²) < 4.78 is 12.5. The van der Waals surface area contributed by atoms with Gasteiger partial charge >= 0.3 is 0 Å². The zero-order valence-corrected chi connectivity index (χ0v) is 18.8. The van der Waals surface area contributed by atoms with Crippen molar-refractivity contribution in [3.63, 3.8) is 0 Å². The number of morpholine rings is 1. The lowest BCUT2D eigenvalue weighted by molar-refractivity contribution is 0.0302. The third-order valence-corrected chi connectivity index (χ3v) is 6.55. The van der Waals surface area contributed by atoms with Gasteiger partial charge in [-0.2, -0.15) is 0 Å². The summed E-state index contributed by atoms with van der Waals surface area (Å²) in [6.45, 7) is 5.68. The minimum Gasteiger partial charge on any atom is -0.378 e. The zero-order chi connectivity index (χ0) is 20.8. The van der Waals surface area contributed by atoms with Crippen LogP contribution in [-0.2, 0) is 21.5 Å². The third-order valence-electron chi connectivity index (χ3n) is 6.10. The number of hydrogen-bond donors (Lipinski definition) is 1. The Labute approximate surface area is 186 Å². The van der Waals surface area contributed by atoms with E-state index in [9.17, 15) is 4.79 Å². The molecule has 1 N–H and O–H groups in total. The summed E-state index contributed by atoms with van der Waals surface area (Å²) in [6, 6.07) is 16.6. The van der Waals surface area contributed by atoms with Gasteiger partial charge in [0.05, 0.1) is 26.4 Å². The minimum atomic E-state index is 0.0466. The van der Waals surface area contributed by atoms with E-state index in [1.165, 1.54) is 5.56 Å². The molecule has 6 heteroatoms. The number of rotatable bonds is 6. The van der Waals surface area contributed by atoms with E-state index in [1.54, 1.807) is 0 Å². The highest BCUT2D eigenvalue weighted by molar-refractivity contribution is 9.10. The first kappa shape index (κ1) is 21.5. The zero-order valence-electron chi connectivity index (χ0n) is 17.2. The van der Waals surface area contributed by atoms with Gasteiger partial charge in [-0.05, 0) is 55.3 Å². The van der Waals surface area contributed by atoms with E-state index >= 15 is 0 Å². The standard InChI is InChI=1S/C24H29BrN2O3/c25-22-15-19(14-20(16-22)23(28)27-10-12-29-13-11-27)17-30-18-24(6-8-26-9-7-24)21-4-2-1-3-5-21/h1-5,14-16,26H,6-13,17-18H2. The molecule has 0 unspecified atom stereocenters. The highest BCUT2D eigenvalue weighted by Gasteiger charge is 2.34. The van der Waals surface area contributed by atoms with Gasteiger partial charge in [0.2, 0.25) is 0 Å². The highest BCUT2D eigenvalue weighted by Crippen LogP contribution is 2.34. The first-order valence-corrected chi connectivity index (χ1v) is 11.5. The molecular weight excluding hydrogens is 444 g/mol. The molecule has 2 aliphatic rings. The largest absolute Gasteiger partial charge is 0.378 e. The van der Waals surface area contributed by atoms with Crippen molar-refractivity contribution in [2.24, 2.45) is 0 Å². The molecule has 0 aromatic heterocycles. The summed E-state index contributed by atoms with van der Waals surface area (Å²) in [7, 11) is 0. The summed E-state index contributed by atoms with van der Waals surface area (Å²) in [4.78, 5) is 14.7. The number of carbonyl (C=O) groups excluding carboxylic acids is 1. The Kier molecular flexibility index (Phi) is 7.20. The number of piperidine rings is 1. The molecule has 0 radical (unpaired) electrons. The van der Waals surface area contributed by atoms with E-state index in [0.717, 1.165) is 36.0 Å². The fraction of sp³-hybridized carbons (Fsp3) is 0.458. The van der Waals surface area contributed by atoms with Gasteiger partial charge in [0.15, 0.2) is 0 Å². The molecule has 2 saturated heterocycles. The Hall–Kier alpha value is -1.73. The van der Waals surface area contributed by atoms with Crippen molar-refractivity contribution >= 4 is 21.8 Å². The quantitative estimate of drug-likeness (QED) is 0.695. The molecule has 2 fully saturated rings. The Bertz CT molecular complexity index is 847. The number of hydrogen-bond acceptors (Lipinski definition) is 4. The predicted molar refractivity (Wildman–Crippen MR) is 121 cm³/mol. The van der Waals surface area contributed by atoms with Gasteiger partial charge in [-0.3, -0.25) is 4.79 Å². The van der Waals surface area contributed by atoms with Crippen molar-refractivity contribution in [3.05, 3.63) is 69.7 Å². The number of benzene rings is 2.